The highest BCUT2D eigenvalue weighted by atomic mass is 16.8. The number of esters is 5. The molecule has 2 aromatic carbocycles. The number of ether oxygens (including phenoxy) is 8. The van der Waals surface area contributed by atoms with Crippen LogP contribution in [0.1, 0.15) is 31.9 Å². The summed E-state index contributed by atoms with van der Waals surface area (Å²) in [6.45, 7) is 0.832. The number of phenolic OH excluding ortho intramolecular Hbond substituents is 2. The molecule has 2 aliphatic rings. The first kappa shape index (κ1) is 41.4. The largest absolute Gasteiger partial charge is 0.508 e. The molecule has 9 unspecified atom stereocenters. The van der Waals surface area contributed by atoms with E-state index in [0.29, 0.717) is 11.1 Å². The summed E-state index contributed by atoms with van der Waals surface area (Å²) in [5.74, 6) is -7.19. The lowest BCUT2D eigenvalue weighted by atomic mass is 9.98. The Bertz CT molecular complexity index is 1690. The summed E-state index contributed by atoms with van der Waals surface area (Å²) in [5, 5.41) is 52.2. The fraction of sp³-hybridized carbons (Fsp3) is 0.417. The molecule has 5 N–H and O–H groups in total. The molecule has 18 heteroatoms. The Labute approximate surface area is 308 Å². The highest BCUT2D eigenvalue weighted by molar-refractivity contribution is 5.87. The van der Waals surface area contributed by atoms with Crippen LogP contribution in [0.3, 0.4) is 0 Å². The number of aromatic hydroxyl groups is 2. The van der Waals surface area contributed by atoms with E-state index in [-0.39, 0.29) is 11.5 Å². The van der Waals surface area contributed by atoms with E-state index >= 15 is 0 Å². The first-order valence-electron chi connectivity index (χ1n) is 16.4. The summed E-state index contributed by atoms with van der Waals surface area (Å²) in [7, 11) is 0. The quantitative estimate of drug-likeness (QED) is 0.0982. The van der Waals surface area contributed by atoms with E-state index in [4.69, 9.17) is 37.9 Å². The SMILES string of the molecule is CC(=O)OCC1OC(OC2(COC(C)=O)OC(COC(=O)/C=C/c3ccc(O)cc3)C(O)C2OC(=O)/C=C/c2ccc(O)cc2)C(OC(C)=O)C(O)C1O. The Balaban J connectivity index is 1.67. The van der Waals surface area contributed by atoms with E-state index in [9.17, 15) is 49.5 Å². The van der Waals surface area contributed by atoms with Crippen molar-refractivity contribution in [1.82, 2.24) is 0 Å². The van der Waals surface area contributed by atoms with Crippen LogP contribution in [0.2, 0.25) is 0 Å². The third-order valence-corrected chi connectivity index (χ3v) is 7.91. The van der Waals surface area contributed by atoms with Gasteiger partial charge in [0.2, 0.25) is 12.1 Å². The number of rotatable bonds is 14. The second-order valence-electron chi connectivity index (χ2n) is 12.1. The van der Waals surface area contributed by atoms with Crippen molar-refractivity contribution in [2.24, 2.45) is 0 Å². The Morgan fingerprint density at radius 3 is 1.74 bits per heavy atom. The predicted molar refractivity (Wildman–Crippen MR) is 179 cm³/mol. The van der Waals surface area contributed by atoms with E-state index in [2.05, 4.69) is 0 Å². The van der Waals surface area contributed by atoms with Gasteiger partial charge < -0.3 is 63.4 Å². The number of aliphatic hydroxyl groups excluding tert-OH is 3. The average Bonchev–Trinajstić information content (AvgIpc) is 3.37. The van der Waals surface area contributed by atoms with Gasteiger partial charge in [-0.3, -0.25) is 14.4 Å². The molecule has 0 aliphatic carbocycles. The molecule has 2 heterocycles. The lowest BCUT2D eigenvalue weighted by molar-refractivity contribution is -0.384. The number of benzene rings is 2. The van der Waals surface area contributed by atoms with Gasteiger partial charge in [0, 0.05) is 32.9 Å². The number of carbonyl (C=O) groups excluding carboxylic acids is 5. The molecule has 0 radical (unpaired) electrons. The number of hydrogen-bond donors (Lipinski definition) is 5. The Hall–Kier alpha value is -5.37. The molecule has 2 aliphatic heterocycles. The monoisotopic (exact) mass is 760 g/mol. The van der Waals surface area contributed by atoms with E-state index in [0.717, 1.165) is 32.9 Å². The molecule has 2 aromatic rings. The Morgan fingerprint density at radius 1 is 0.667 bits per heavy atom. The molecule has 0 saturated carbocycles. The molecule has 4 rings (SSSR count). The third-order valence-electron chi connectivity index (χ3n) is 7.91. The highest BCUT2D eigenvalue weighted by Gasteiger charge is 2.62. The van der Waals surface area contributed by atoms with Crippen LogP contribution in [0.4, 0.5) is 0 Å². The molecule has 292 valence electrons. The number of hydrogen-bond acceptors (Lipinski definition) is 18. The summed E-state index contributed by atoms with van der Waals surface area (Å²) < 4.78 is 44.1. The fourth-order valence-corrected chi connectivity index (χ4v) is 5.31. The molecular weight excluding hydrogens is 720 g/mol. The second kappa shape index (κ2) is 18.6. The standard InChI is InChI=1S/C36H40O18/c1-19(37)47-16-26-30(44)32(46)33(50-21(3)39)35(51-26)54-36(18-49-20(2)38)34(52-29(43)15-9-23-6-12-25(41)13-7-23)31(45)27(53-36)17-48-28(42)14-8-22-4-10-24(40)11-5-22/h4-15,26-27,30-35,40-41,44-46H,16-18H2,1-3H3/b14-8+,15-9+. The van der Waals surface area contributed by atoms with Gasteiger partial charge >= 0.3 is 29.8 Å². The molecular formula is C36H40O18. The van der Waals surface area contributed by atoms with Gasteiger partial charge in [-0.1, -0.05) is 24.3 Å². The fourth-order valence-electron chi connectivity index (χ4n) is 5.31. The van der Waals surface area contributed by atoms with Crippen LogP contribution in [0.5, 0.6) is 11.5 Å². The molecule has 0 amide bonds. The van der Waals surface area contributed by atoms with Crippen molar-refractivity contribution in [3.8, 4) is 11.5 Å². The maximum atomic E-state index is 13.2. The minimum atomic E-state index is -2.55. The summed E-state index contributed by atoms with van der Waals surface area (Å²) in [5.41, 5.74) is 1.00. The lowest BCUT2D eigenvalue weighted by Gasteiger charge is -2.44. The summed E-state index contributed by atoms with van der Waals surface area (Å²) in [4.78, 5) is 61.5. The van der Waals surface area contributed by atoms with Gasteiger partial charge in [-0.2, -0.15) is 0 Å². The van der Waals surface area contributed by atoms with Gasteiger partial charge in [0.15, 0.2) is 12.2 Å². The van der Waals surface area contributed by atoms with Crippen molar-refractivity contribution in [2.45, 2.75) is 75.6 Å². The maximum absolute atomic E-state index is 13.2. The van der Waals surface area contributed by atoms with Crippen molar-refractivity contribution in [3.05, 3.63) is 71.8 Å². The van der Waals surface area contributed by atoms with Crippen LogP contribution in [0.25, 0.3) is 12.2 Å². The van der Waals surface area contributed by atoms with Crippen LogP contribution < -0.4 is 0 Å². The first-order valence-corrected chi connectivity index (χ1v) is 16.4. The summed E-state index contributed by atoms with van der Waals surface area (Å²) in [6.07, 6.45) is -9.66. The van der Waals surface area contributed by atoms with E-state index in [1.165, 1.54) is 60.7 Å². The van der Waals surface area contributed by atoms with Crippen LogP contribution in [-0.2, 0) is 61.9 Å². The van der Waals surface area contributed by atoms with Gasteiger partial charge in [0.25, 0.3) is 0 Å². The van der Waals surface area contributed by atoms with Crippen molar-refractivity contribution < 1.29 is 87.4 Å². The normalized spacial score (nSPS) is 28.0. The van der Waals surface area contributed by atoms with E-state index < -0.39 is 104 Å². The molecule has 2 saturated heterocycles. The predicted octanol–water partition coefficient (Wildman–Crippen LogP) is 0.257. The van der Waals surface area contributed by atoms with E-state index in [1.807, 2.05) is 0 Å². The van der Waals surface area contributed by atoms with Crippen molar-refractivity contribution in [2.75, 3.05) is 19.8 Å². The van der Waals surface area contributed by atoms with Crippen LogP contribution >= 0.6 is 0 Å². The van der Waals surface area contributed by atoms with Gasteiger partial charge in [0.05, 0.1) is 0 Å². The zero-order valence-corrected chi connectivity index (χ0v) is 29.2. The van der Waals surface area contributed by atoms with Crippen molar-refractivity contribution >= 4 is 42.0 Å². The third kappa shape index (κ3) is 11.3. The molecule has 9 atom stereocenters. The molecule has 54 heavy (non-hydrogen) atoms. The maximum Gasteiger partial charge on any atom is 0.331 e. The van der Waals surface area contributed by atoms with Crippen molar-refractivity contribution in [1.29, 1.82) is 0 Å². The molecule has 18 nitrogen and oxygen atoms in total. The average molecular weight is 761 g/mol. The topological polar surface area (TPSA) is 260 Å². The van der Waals surface area contributed by atoms with Gasteiger partial charge in [-0.15, -0.1) is 0 Å². The van der Waals surface area contributed by atoms with Gasteiger partial charge in [0.1, 0.15) is 61.8 Å². The smallest absolute Gasteiger partial charge is 0.331 e. The number of carbonyl (C=O) groups is 5. The minimum absolute atomic E-state index is 0.0102. The zero-order chi connectivity index (χ0) is 39.6. The molecule has 2 fully saturated rings. The molecule has 0 bridgehead atoms. The van der Waals surface area contributed by atoms with Gasteiger partial charge in [-0.05, 0) is 47.5 Å². The Kier molecular flexibility index (Phi) is 14.3. The zero-order valence-electron chi connectivity index (χ0n) is 29.2. The van der Waals surface area contributed by atoms with Crippen LogP contribution in [-0.4, -0.2) is 130 Å². The van der Waals surface area contributed by atoms with Crippen LogP contribution in [0, 0.1) is 0 Å². The lowest BCUT2D eigenvalue weighted by Crippen LogP contribution is -2.64. The summed E-state index contributed by atoms with van der Waals surface area (Å²) in [6, 6.07) is 11.6. The van der Waals surface area contributed by atoms with Gasteiger partial charge in [-0.25, -0.2) is 9.59 Å². The van der Waals surface area contributed by atoms with Crippen LogP contribution in [0.15, 0.2) is 60.7 Å². The summed E-state index contributed by atoms with van der Waals surface area (Å²) >= 11 is 0. The van der Waals surface area contributed by atoms with E-state index in [1.54, 1.807) is 0 Å². The minimum Gasteiger partial charge on any atom is -0.508 e. The first-order chi connectivity index (χ1) is 25.6. The second-order valence-corrected chi connectivity index (χ2v) is 12.1. The number of phenols is 2. The highest BCUT2D eigenvalue weighted by Crippen LogP contribution is 2.39. The molecule has 0 aromatic heterocycles. The Morgan fingerprint density at radius 2 is 1.20 bits per heavy atom. The number of aliphatic hydroxyl groups is 3. The molecule has 0 spiro atoms. The van der Waals surface area contributed by atoms with Crippen molar-refractivity contribution in [3.63, 3.8) is 0 Å².